The lowest BCUT2D eigenvalue weighted by molar-refractivity contribution is 0.0746. The van der Waals surface area contributed by atoms with E-state index in [1.165, 1.54) is 35.2 Å². The minimum atomic E-state index is -4.04. The van der Waals surface area contributed by atoms with Gasteiger partial charge in [-0.15, -0.1) is 0 Å². The zero-order valence-corrected chi connectivity index (χ0v) is 24.2. The Morgan fingerprint density at radius 2 is 1.49 bits per heavy atom. The Morgan fingerprint density at radius 3 is 2.22 bits per heavy atom. The molecular weight excluding hydrogens is 581 g/mol. The third kappa shape index (κ3) is 5.19. The van der Waals surface area contributed by atoms with Gasteiger partial charge < -0.3 is 14.7 Å². The summed E-state index contributed by atoms with van der Waals surface area (Å²) in [7, 11) is -4.04. The van der Waals surface area contributed by atoms with Gasteiger partial charge in [0, 0.05) is 47.5 Å². The summed E-state index contributed by atoms with van der Waals surface area (Å²) in [6.07, 6.45) is 0. The molecule has 7 nitrogen and oxygen atoms in total. The van der Waals surface area contributed by atoms with Crippen LogP contribution in [0.25, 0.3) is 0 Å². The third-order valence-electron chi connectivity index (χ3n) is 7.43. The van der Waals surface area contributed by atoms with Crippen LogP contribution in [0.4, 0.5) is 11.4 Å². The molecule has 4 aromatic carbocycles. The number of carbonyl (C=O) groups excluding carboxylic acids is 2. The summed E-state index contributed by atoms with van der Waals surface area (Å²) < 4.78 is 27.5. The molecule has 0 N–H and O–H groups in total. The van der Waals surface area contributed by atoms with Crippen molar-refractivity contribution < 1.29 is 18.0 Å². The number of rotatable bonds is 4. The highest BCUT2D eigenvalue weighted by Gasteiger charge is 2.36. The summed E-state index contributed by atoms with van der Waals surface area (Å²) in [5, 5.41) is 1.20. The SMILES string of the molecule is O=C(c1ccc2c(c1)N(Cc1ccc(Cl)cc1)C(=O)c1ccccc1S2(=O)=O)N1CCN(c2cccc(Cl)c2)CC1. The summed E-state index contributed by atoms with van der Waals surface area (Å²) in [5.41, 5.74) is 2.33. The van der Waals surface area contributed by atoms with E-state index in [2.05, 4.69) is 4.90 Å². The highest BCUT2D eigenvalue weighted by molar-refractivity contribution is 7.91. The maximum atomic E-state index is 13.9. The quantitative estimate of drug-likeness (QED) is 0.287. The van der Waals surface area contributed by atoms with E-state index in [4.69, 9.17) is 23.2 Å². The van der Waals surface area contributed by atoms with Crippen LogP contribution in [0.2, 0.25) is 10.0 Å². The second-order valence-corrected chi connectivity index (χ2v) is 12.7. The molecule has 6 rings (SSSR count). The zero-order valence-electron chi connectivity index (χ0n) is 21.8. The van der Waals surface area contributed by atoms with Gasteiger partial charge in [-0.3, -0.25) is 9.59 Å². The minimum Gasteiger partial charge on any atom is -0.368 e. The molecule has 2 heterocycles. The van der Waals surface area contributed by atoms with Crippen molar-refractivity contribution in [3.05, 3.63) is 118 Å². The van der Waals surface area contributed by atoms with Crippen LogP contribution in [0.3, 0.4) is 0 Å². The summed E-state index contributed by atoms with van der Waals surface area (Å²) in [5.74, 6) is -0.686. The molecule has 1 saturated heterocycles. The first kappa shape index (κ1) is 27.3. The van der Waals surface area contributed by atoms with Crippen molar-refractivity contribution >= 4 is 56.2 Å². The molecule has 0 atom stereocenters. The average molecular weight is 607 g/mol. The summed E-state index contributed by atoms with van der Waals surface area (Å²) in [6.45, 7) is 2.33. The smallest absolute Gasteiger partial charge is 0.259 e. The van der Waals surface area contributed by atoms with Crippen LogP contribution in [-0.4, -0.2) is 51.3 Å². The number of halogens is 2. The normalized spacial score (nSPS) is 16.1. The van der Waals surface area contributed by atoms with E-state index < -0.39 is 15.7 Å². The molecule has 0 saturated carbocycles. The minimum absolute atomic E-state index is 0.0212. The molecule has 2 aliphatic heterocycles. The van der Waals surface area contributed by atoms with Crippen molar-refractivity contribution in [2.45, 2.75) is 16.3 Å². The highest BCUT2D eigenvalue weighted by atomic mass is 35.5. The van der Waals surface area contributed by atoms with Crippen molar-refractivity contribution in [2.24, 2.45) is 0 Å². The van der Waals surface area contributed by atoms with Gasteiger partial charge in [0.2, 0.25) is 9.84 Å². The van der Waals surface area contributed by atoms with Gasteiger partial charge in [-0.25, -0.2) is 8.42 Å². The summed E-state index contributed by atoms with van der Waals surface area (Å²) in [4.78, 5) is 32.8. The predicted molar refractivity (Wildman–Crippen MR) is 160 cm³/mol. The second-order valence-electron chi connectivity index (χ2n) is 9.96. The van der Waals surface area contributed by atoms with Crippen LogP contribution in [0.15, 0.2) is 101 Å². The number of anilines is 2. The Labute approximate surface area is 248 Å². The molecule has 208 valence electrons. The number of nitrogens with zero attached hydrogens (tertiary/aromatic N) is 3. The fourth-order valence-corrected chi connectivity index (χ4v) is 7.23. The molecule has 41 heavy (non-hydrogen) atoms. The van der Waals surface area contributed by atoms with E-state index in [9.17, 15) is 18.0 Å². The van der Waals surface area contributed by atoms with Gasteiger partial charge >= 0.3 is 0 Å². The monoisotopic (exact) mass is 605 g/mol. The molecule has 0 bridgehead atoms. The van der Waals surface area contributed by atoms with Gasteiger partial charge in [-0.05, 0) is 66.2 Å². The fraction of sp³-hybridized carbons (Fsp3) is 0.161. The topological polar surface area (TPSA) is 78.0 Å². The number of carbonyl (C=O) groups is 2. The van der Waals surface area contributed by atoms with Gasteiger partial charge in [0.05, 0.1) is 27.6 Å². The molecule has 0 unspecified atom stereocenters. The van der Waals surface area contributed by atoms with Gasteiger partial charge in [0.15, 0.2) is 0 Å². The Bertz CT molecular complexity index is 1770. The average Bonchev–Trinajstić information content (AvgIpc) is 3.05. The summed E-state index contributed by atoms with van der Waals surface area (Å²) in [6, 6.07) is 25.3. The van der Waals surface area contributed by atoms with Crippen molar-refractivity contribution in [1.29, 1.82) is 0 Å². The fourth-order valence-electron chi connectivity index (χ4n) is 5.29. The Kier molecular flexibility index (Phi) is 7.23. The van der Waals surface area contributed by atoms with Crippen molar-refractivity contribution in [1.82, 2.24) is 4.90 Å². The molecule has 1 fully saturated rings. The third-order valence-corrected chi connectivity index (χ3v) is 9.78. The largest absolute Gasteiger partial charge is 0.368 e. The van der Waals surface area contributed by atoms with E-state index in [-0.39, 0.29) is 33.5 Å². The van der Waals surface area contributed by atoms with E-state index in [0.717, 1.165) is 11.3 Å². The van der Waals surface area contributed by atoms with Crippen LogP contribution >= 0.6 is 23.2 Å². The lowest BCUT2D eigenvalue weighted by Gasteiger charge is -2.36. The lowest BCUT2D eigenvalue weighted by atomic mass is 10.1. The van der Waals surface area contributed by atoms with E-state index in [1.54, 1.807) is 41.3 Å². The number of amides is 2. The Morgan fingerprint density at radius 1 is 0.756 bits per heavy atom. The number of hydrogen-bond acceptors (Lipinski definition) is 5. The van der Waals surface area contributed by atoms with Gasteiger partial charge in [0.25, 0.3) is 11.8 Å². The molecule has 2 amide bonds. The van der Waals surface area contributed by atoms with Crippen LogP contribution < -0.4 is 9.80 Å². The maximum absolute atomic E-state index is 13.9. The van der Waals surface area contributed by atoms with E-state index in [1.807, 2.05) is 24.3 Å². The van der Waals surface area contributed by atoms with Gasteiger partial charge in [-0.2, -0.15) is 0 Å². The van der Waals surface area contributed by atoms with Crippen LogP contribution in [-0.2, 0) is 16.4 Å². The molecule has 0 aromatic heterocycles. The van der Waals surface area contributed by atoms with Gasteiger partial charge in [-0.1, -0.05) is 53.5 Å². The predicted octanol–water partition coefficient (Wildman–Crippen LogP) is 5.95. The summed E-state index contributed by atoms with van der Waals surface area (Å²) >= 11 is 12.2. The molecule has 0 spiro atoms. The van der Waals surface area contributed by atoms with Crippen molar-refractivity contribution in [3.8, 4) is 0 Å². The molecule has 0 radical (unpaired) electrons. The first-order valence-electron chi connectivity index (χ1n) is 13.1. The maximum Gasteiger partial charge on any atom is 0.259 e. The van der Waals surface area contributed by atoms with Crippen molar-refractivity contribution in [3.63, 3.8) is 0 Å². The zero-order chi connectivity index (χ0) is 28.7. The number of hydrogen-bond donors (Lipinski definition) is 0. The second kappa shape index (κ2) is 10.9. The first-order chi connectivity index (χ1) is 19.7. The standard InChI is InChI=1S/C31H25Cl2N3O4S/c32-23-11-8-21(9-12-23)20-36-27-18-22(10-13-29(27)41(39,40)28-7-2-1-6-26(28)31(36)38)30(37)35-16-14-34(15-17-35)25-5-3-4-24(33)19-25/h1-13,18-19H,14-17,20H2. The van der Waals surface area contributed by atoms with E-state index in [0.29, 0.717) is 41.8 Å². The van der Waals surface area contributed by atoms with Crippen LogP contribution in [0.1, 0.15) is 26.3 Å². The number of sulfone groups is 1. The van der Waals surface area contributed by atoms with Crippen molar-refractivity contribution in [2.75, 3.05) is 36.0 Å². The van der Waals surface area contributed by atoms with Crippen LogP contribution in [0.5, 0.6) is 0 Å². The molecule has 2 aliphatic rings. The van der Waals surface area contributed by atoms with Crippen LogP contribution in [0, 0.1) is 0 Å². The number of benzene rings is 4. The van der Waals surface area contributed by atoms with E-state index >= 15 is 0 Å². The first-order valence-corrected chi connectivity index (χ1v) is 15.3. The molecular formula is C31H25Cl2N3O4S. The number of piperazine rings is 1. The molecule has 10 heteroatoms. The van der Waals surface area contributed by atoms with Gasteiger partial charge in [0.1, 0.15) is 0 Å². The highest BCUT2D eigenvalue weighted by Crippen LogP contribution is 2.38. The molecule has 4 aromatic rings. The Balaban J connectivity index is 1.35. The lowest BCUT2D eigenvalue weighted by Crippen LogP contribution is -2.48. The number of fused-ring (bicyclic) bond motifs is 2. The Hall–Kier alpha value is -3.85. The molecule has 0 aliphatic carbocycles.